The van der Waals surface area contributed by atoms with E-state index in [-0.39, 0.29) is 20.5 Å². The van der Waals surface area contributed by atoms with Crippen molar-refractivity contribution in [1.82, 2.24) is 0 Å². The van der Waals surface area contributed by atoms with Crippen molar-refractivity contribution in [2.24, 2.45) is 5.14 Å². The van der Waals surface area contributed by atoms with Gasteiger partial charge in [0.15, 0.2) is 6.10 Å². The molecule has 2 rings (SSSR count). The molecule has 10 heteroatoms. The smallest absolute Gasteiger partial charge is 0.340 e. The van der Waals surface area contributed by atoms with Crippen LogP contribution in [0.5, 0.6) is 0 Å². The van der Waals surface area contributed by atoms with E-state index >= 15 is 0 Å². The van der Waals surface area contributed by atoms with Crippen molar-refractivity contribution in [3.05, 3.63) is 58.1 Å². The van der Waals surface area contributed by atoms with Gasteiger partial charge in [-0.1, -0.05) is 29.3 Å². The molecule has 0 aliphatic heterocycles. The fourth-order valence-electron chi connectivity index (χ4n) is 1.91. The van der Waals surface area contributed by atoms with Gasteiger partial charge in [0.05, 0.1) is 20.5 Å². The Kier molecular flexibility index (Phi) is 6.25. The summed E-state index contributed by atoms with van der Waals surface area (Å²) in [7, 11) is -3.82. The van der Waals surface area contributed by atoms with Gasteiger partial charge >= 0.3 is 5.97 Å². The number of carbonyl (C=O) groups excluding carboxylic acids is 2. The van der Waals surface area contributed by atoms with E-state index < -0.39 is 28.0 Å². The lowest BCUT2D eigenvalue weighted by molar-refractivity contribution is -0.123. The Morgan fingerprint density at radius 1 is 1.12 bits per heavy atom. The monoisotopic (exact) mass is 416 g/mol. The summed E-state index contributed by atoms with van der Waals surface area (Å²) in [6.45, 7) is 1.38. The van der Waals surface area contributed by atoms with Gasteiger partial charge in [-0.05, 0) is 43.3 Å². The number of ether oxygens (including phenoxy) is 1. The van der Waals surface area contributed by atoms with Crippen LogP contribution in [0.2, 0.25) is 10.0 Å². The average molecular weight is 417 g/mol. The summed E-state index contributed by atoms with van der Waals surface area (Å²) in [5.74, 6) is -1.41. The van der Waals surface area contributed by atoms with Crippen LogP contribution in [0.1, 0.15) is 17.3 Å². The fraction of sp³-hybridized carbons (Fsp3) is 0.125. The predicted molar refractivity (Wildman–Crippen MR) is 97.8 cm³/mol. The van der Waals surface area contributed by atoms with E-state index in [2.05, 4.69) is 5.32 Å². The molecule has 2 aromatic carbocycles. The van der Waals surface area contributed by atoms with Crippen molar-refractivity contribution in [1.29, 1.82) is 0 Å². The number of anilines is 1. The van der Waals surface area contributed by atoms with E-state index in [1.165, 1.54) is 49.4 Å². The highest BCUT2D eigenvalue weighted by atomic mass is 35.5. The van der Waals surface area contributed by atoms with Crippen molar-refractivity contribution in [2.75, 3.05) is 5.32 Å². The molecule has 0 saturated heterocycles. The number of carbonyl (C=O) groups is 2. The Bertz CT molecular complexity index is 946. The van der Waals surface area contributed by atoms with Gasteiger partial charge in [-0.3, -0.25) is 4.79 Å². The maximum atomic E-state index is 12.1. The maximum Gasteiger partial charge on any atom is 0.340 e. The van der Waals surface area contributed by atoms with E-state index in [1.807, 2.05) is 0 Å². The van der Waals surface area contributed by atoms with Crippen molar-refractivity contribution < 1.29 is 22.7 Å². The molecule has 1 amide bonds. The quantitative estimate of drug-likeness (QED) is 0.726. The normalized spacial score (nSPS) is 12.3. The summed E-state index contributed by atoms with van der Waals surface area (Å²) in [4.78, 5) is 24.1. The summed E-state index contributed by atoms with van der Waals surface area (Å²) in [5, 5.41) is 7.71. The summed E-state index contributed by atoms with van der Waals surface area (Å²) in [6, 6.07) is 9.68. The number of sulfonamides is 1. The van der Waals surface area contributed by atoms with Crippen LogP contribution in [-0.4, -0.2) is 26.4 Å². The van der Waals surface area contributed by atoms with Crippen LogP contribution in [0.15, 0.2) is 47.4 Å². The lowest BCUT2D eigenvalue weighted by atomic mass is 10.2. The predicted octanol–water partition coefficient (Wildman–Crippen LogP) is 2.82. The van der Waals surface area contributed by atoms with Gasteiger partial charge in [0.25, 0.3) is 5.91 Å². The highest BCUT2D eigenvalue weighted by molar-refractivity contribution is 7.89. The number of nitrogens with one attached hydrogen (secondary N) is 1. The highest BCUT2D eigenvalue weighted by Gasteiger charge is 2.21. The molecule has 0 aromatic heterocycles. The van der Waals surface area contributed by atoms with E-state index in [4.69, 9.17) is 33.1 Å². The van der Waals surface area contributed by atoms with Crippen molar-refractivity contribution >= 4 is 50.8 Å². The number of amides is 1. The minimum Gasteiger partial charge on any atom is -0.449 e. The first kappa shape index (κ1) is 20.2. The van der Waals surface area contributed by atoms with E-state index in [1.54, 1.807) is 0 Å². The van der Waals surface area contributed by atoms with Gasteiger partial charge in [0.2, 0.25) is 10.0 Å². The van der Waals surface area contributed by atoms with Gasteiger partial charge in [-0.2, -0.15) is 0 Å². The van der Waals surface area contributed by atoms with Crippen LogP contribution >= 0.6 is 23.2 Å². The molecule has 0 aliphatic carbocycles. The molecule has 0 fully saturated rings. The minimum absolute atomic E-state index is 0.0327. The molecule has 0 aliphatic rings. The van der Waals surface area contributed by atoms with Crippen LogP contribution < -0.4 is 10.5 Å². The number of nitrogens with two attached hydrogens (primary N) is 1. The number of esters is 1. The molecule has 0 heterocycles. The zero-order valence-electron chi connectivity index (χ0n) is 13.4. The second-order valence-electron chi connectivity index (χ2n) is 5.21. The lowest BCUT2D eigenvalue weighted by Gasteiger charge is -2.14. The molecule has 0 bridgehead atoms. The molecule has 0 radical (unpaired) electrons. The Morgan fingerprint density at radius 3 is 2.31 bits per heavy atom. The number of hydrogen-bond donors (Lipinski definition) is 2. The SMILES string of the molecule is C[C@@H](OC(=O)c1cccc(Cl)c1Cl)C(=O)Nc1ccc(S(N)(=O)=O)cc1. The van der Waals surface area contributed by atoms with Crippen molar-refractivity contribution in [2.45, 2.75) is 17.9 Å². The van der Waals surface area contributed by atoms with Crippen LogP contribution in [0.4, 0.5) is 5.69 Å². The van der Waals surface area contributed by atoms with Gasteiger partial charge < -0.3 is 10.1 Å². The van der Waals surface area contributed by atoms with Gasteiger partial charge in [-0.25, -0.2) is 18.4 Å². The Morgan fingerprint density at radius 2 is 1.73 bits per heavy atom. The molecular formula is C16H14Cl2N2O5S. The average Bonchev–Trinajstić information content (AvgIpc) is 2.56. The molecule has 7 nitrogen and oxygen atoms in total. The first-order valence-electron chi connectivity index (χ1n) is 7.18. The molecule has 2 aromatic rings. The Balaban J connectivity index is 2.03. The number of benzene rings is 2. The number of hydrogen-bond acceptors (Lipinski definition) is 5. The Labute approximate surface area is 160 Å². The lowest BCUT2D eigenvalue weighted by Crippen LogP contribution is -2.30. The highest BCUT2D eigenvalue weighted by Crippen LogP contribution is 2.26. The van der Waals surface area contributed by atoms with Crippen LogP contribution in [0, 0.1) is 0 Å². The molecular weight excluding hydrogens is 403 g/mol. The first-order valence-corrected chi connectivity index (χ1v) is 9.48. The third-order valence-electron chi connectivity index (χ3n) is 3.27. The summed E-state index contributed by atoms with van der Waals surface area (Å²) >= 11 is 11.8. The van der Waals surface area contributed by atoms with Crippen LogP contribution in [0.25, 0.3) is 0 Å². The third-order valence-corrected chi connectivity index (χ3v) is 5.02. The standard InChI is InChI=1S/C16H14Cl2N2O5S/c1-9(25-16(22)12-3-2-4-13(17)14(12)18)15(21)20-10-5-7-11(8-6-10)26(19,23)24/h2-9H,1H3,(H,20,21)(H2,19,23,24)/t9-/m1/s1. The summed E-state index contributed by atoms with van der Waals surface area (Å²) < 4.78 is 27.5. The van der Waals surface area contributed by atoms with Gasteiger partial charge in [0, 0.05) is 5.69 Å². The molecule has 1 atom stereocenters. The summed E-state index contributed by atoms with van der Waals surface area (Å²) in [6.07, 6.45) is -1.13. The van der Waals surface area contributed by atoms with Gasteiger partial charge in [0.1, 0.15) is 0 Å². The number of rotatable bonds is 5. The van der Waals surface area contributed by atoms with Crippen molar-refractivity contribution in [3.63, 3.8) is 0 Å². The summed E-state index contributed by atoms with van der Waals surface area (Å²) in [5.41, 5.74) is 0.349. The second-order valence-corrected chi connectivity index (χ2v) is 7.55. The molecule has 0 spiro atoms. The largest absolute Gasteiger partial charge is 0.449 e. The molecule has 3 N–H and O–H groups in total. The van der Waals surface area contributed by atoms with E-state index in [0.717, 1.165) is 0 Å². The fourth-order valence-corrected chi connectivity index (χ4v) is 2.80. The minimum atomic E-state index is -3.82. The maximum absolute atomic E-state index is 12.1. The molecule has 26 heavy (non-hydrogen) atoms. The third kappa shape index (κ3) is 4.95. The van der Waals surface area contributed by atoms with Gasteiger partial charge in [-0.15, -0.1) is 0 Å². The topological polar surface area (TPSA) is 116 Å². The number of halogens is 2. The number of primary sulfonamides is 1. The van der Waals surface area contributed by atoms with Crippen LogP contribution in [0.3, 0.4) is 0 Å². The molecule has 0 unspecified atom stereocenters. The molecule has 138 valence electrons. The first-order chi connectivity index (χ1) is 12.1. The second kappa shape index (κ2) is 8.05. The zero-order chi connectivity index (χ0) is 19.5. The van der Waals surface area contributed by atoms with E-state index in [9.17, 15) is 18.0 Å². The molecule has 0 saturated carbocycles. The van der Waals surface area contributed by atoms with Crippen molar-refractivity contribution in [3.8, 4) is 0 Å². The zero-order valence-corrected chi connectivity index (χ0v) is 15.7. The Hall–Kier alpha value is -2.13. The van der Waals surface area contributed by atoms with E-state index in [0.29, 0.717) is 5.69 Å². The van der Waals surface area contributed by atoms with Crippen LogP contribution in [-0.2, 0) is 19.6 Å².